The summed E-state index contributed by atoms with van der Waals surface area (Å²) in [7, 11) is -3.36. The molecule has 0 N–H and O–H groups in total. The fourth-order valence-corrected chi connectivity index (χ4v) is 3.96. The van der Waals surface area contributed by atoms with Gasteiger partial charge in [-0.3, -0.25) is 0 Å². The van der Waals surface area contributed by atoms with Crippen LogP contribution in [0.4, 0.5) is 0 Å². The largest absolute Gasteiger partial charge is 0.243 e. The zero-order chi connectivity index (χ0) is 13.9. The minimum absolute atomic E-state index is 0.363. The minimum Gasteiger partial charge on any atom is -0.207 e. The van der Waals surface area contributed by atoms with E-state index in [0.717, 1.165) is 18.4 Å². The SMILES string of the molecule is CCN(CC1CCC1)S(=O)(=O)c1ccc(CCl)cc1. The summed E-state index contributed by atoms with van der Waals surface area (Å²) in [6.07, 6.45) is 3.53. The van der Waals surface area contributed by atoms with Crippen LogP contribution in [0.2, 0.25) is 0 Å². The Kier molecular flexibility index (Phi) is 4.87. The molecule has 1 aliphatic rings. The van der Waals surface area contributed by atoms with Crippen molar-refractivity contribution in [2.24, 2.45) is 5.92 Å². The van der Waals surface area contributed by atoms with Crippen LogP contribution < -0.4 is 0 Å². The number of alkyl halides is 1. The van der Waals surface area contributed by atoms with E-state index in [2.05, 4.69) is 0 Å². The first-order chi connectivity index (χ1) is 9.07. The van der Waals surface area contributed by atoms with Gasteiger partial charge in [0.25, 0.3) is 0 Å². The lowest BCUT2D eigenvalue weighted by atomic mass is 9.85. The van der Waals surface area contributed by atoms with Crippen LogP contribution in [0, 0.1) is 5.92 Å². The maximum Gasteiger partial charge on any atom is 0.243 e. The third kappa shape index (κ3) is 3.30. The summed E-state index contributed by atoms with van der Waals surface area (Å²) in [4.78, 5) is 0.363. The van der Waals surface area contributed by atoms with Crippen molar-refractivity contribution in [1.82, 2.24) is 4.31 Å². The van der Waals surface area contributed by atoms with Crippen LogP contribution in [0.25, 0.3) is 0 Å². The summed E-state index contributed by atoms with van der Waals surface area (Å²) in [6, 6.07) is 6.85. The molecule has 19 heavy (non-hydrogen) atoms. The van der Waals surface area contributed by atoms with Crippen molar-refractivity contribution in [1.29, 1.82) is 0 Å². The third-order valence-electron chi connectivity index (χ3n) is 3.75. The molecule has 0 bridgehead atoms. The molecule has 0 amide bonds. The van der Waals surface area contributed by atoms with Gasteiger partial charge >= 0.3 is 0 Å². The fraction of sp³-hybridized carbons (Fsp3) is 0.571. The topological polar surface area (TPSA) is 37.4 Å². The Morgan fingerprint density at radius 2 is 1.89 bits per heavy atom. The second-order valence-corrected chi connectivity index (χ2v) is 7.24. The molecule has 1 aromatic rings. The average molecular weight is 302 g/mol. The zero-order valence-corrected chi connectivity index (χ0v) is 12.8. The summed E-state index contributed by atoms with van der Waals surface area (Å²) in [5, 5.41) is 0. The molecule has 1 aliphatic carbocycles. The summed E-state index contributed by atoms with van der Waals surface area (Å²) in [5.74, 6) is 0.941. The molecule has 5 heteroatoms. The van der Waals surface area contributed by atoms with Gasteiger partial charge in [-0.2, -0.15) is 4.31 Å². The van der Waals surface area contributed by atoms with Crippen molar-refractivity contribution in [3.8, 4) is 0 Å². The first-order valence-electron chi connectivity index (χ1n) is 6.73. The van der Waals surface area contributed by atoms with E-state index in [4.69, 9.17) is 11.6 Å². The van der Waals surface area contributed by atoms with Crippen molar-refractivity contribution < 1.29 is 8.42 Å². The van der Waals surface area contributed by atoms with Crippen LogP contribution >= 0.6 is 11.6 Å². The van der Waals surface area contributed by atoms with Gasteiger partial charge in [0.1, 0.15) is 0 Å². The molecule has 0 aromatic heterocycles. The van der Waals surface area contributed by atoms with Gasteiger partial charge in [0.05, 0.1) is 4.90 Å². The Morgan fingerprint density at radius 3 is 2.32 bits per heavy atom. The maximum absolute atomic E-state index is 12.5. The predicted octanol–water partition coefficient (Wildman–Crippen LogP) is 3.24. The Balaban J connectivity index is 2.17. The van der Waals surface area contributed by atoms with E-state index in [1.54, 1.807) is 28.6 Å². The Labute approximate surface area is 120 Å². The monoisotopic (exact) mass is 301 g/mol. The second-order valence-electron chi connectivity index (χ2n) is 5.03. The van der Waals surface area contributed by atoms with Gasteiger partial charge in [0.15, 0.2) is 0 Å². The summed E-state index contributed by atoms with van der Waals surface area (Å²) in [5.41, 5.74) is 0.933. The molecule has 2 rings (SSSR count). The van der Waals surface area contributed by atoms with Crippen LogP contribution in [-0.2, 0) is 15.9 Å². The fourth-order valence-electron chi connectivity index (χ4n) is 2.26. The van der Waals surface area contributed by atoms with Gasteiger partial charge in [0.2, 0.25) is 10.0 Å². The minimum atomic E-state index is -3.36. The van der Waals surface area contributed by atoms with Crippen molar-refractivity contribution in [3.63, 3.8) is 0 Å². The summed E-state index contributed by atoms with van der Waals surface area (Å²) < 4.78 is 26.7. The molecule has 0 unspecified atom stereocenters. The quantitative estimate of drug-likeness (QED) is 0.757. The normalized spacial score (nSPS) is 16.6. The van der Waals surface area contributed by atoms with Gasteiger partial charge in [0, 0.05) is 19.0 Å². The van der Waals surface area contributed by atoms with Gasteiger partial charge < -0.3 is 0 Å². The zero-order valence-electron chi connectivity index (χ0n) is 11.2. The van der Waals surface area contributed by atoms with E-state index in [1.165, 1.54) is 6.42 Å². The lowest BCUT2D eigenvalue weighted by Gasteiger charge is -2.31. The van der Waals surface area contributed by atoms with Crippen LogP contribution in [0.1, 0.15) is 31.7 Å². The van der Waals surface area contributed by atoms with Gasteiger partial charge in [-0.15, -0.1) is 11.6 Å². The molecule has 1 saturated carbocycles. The number of halogens is 1. The molecule has 0 heterocycles. The van der Waals surface area contributed by atoms with Crippen LogP contribution in [0.15, 0.2) is 29.2 Å². The third-order valence-corrected chi connectivity index (χ3v) is 6.02. The highest BCUT2D eigenvalue weighted by Gasteiger charge is 2.28. The molecular weight excluding hydrogens is 282 g/mol. The number of hydrogen-bond donors (Lipinski definition) is 0. The van der Waals surface area contributed by atoms with Crippen LogP contribution in [0.3, 0.4) is 0 Å². The lowest BCUT2D eigenvalue weighted by molar-refractivity contribution is 0.250. The van der Waals surface area contributed by atoms with Crippen molar-refractivity contribution in [2.45, 2.75) is 37.0 Å². The first-order valence-corrected chi connectivity index (χ1v) is 8.70. The van der Waals surface area contributed by atoms with E-state index < -0.39 is 10.0 Å². The van der Waals surface area contributed by atoms with Crippen LogP contribution in [0.5, 0.6) is 0 Å². The lowest BCUT2D eigenvalue weighted by Crippen LogP contribution is -2.37. The standard InChI is InChI=1S/C14H20ClNO2S/c1-2-16(11-13-4-3-5-13)19(17,18)14-8-6-12(10-15)7-9-14/h6-9,13H,2-5,10-11H2,1H3. The second kappa shape index (κ2) is 6.25. The van der Waals surface area contributed by atoms with Crippen molar-refractivity contribution in [3.05, 3.63) is 29.8 Å². The molecule has 0 aliphatic heterocycles. The van der Waals surface area contributed by atoms with E-state index in [1.807, 2.05) is 6.92 Å². The molecule has 3 nitrogen and oxygen atoms in total. The van der Waals surface area contributed by atoms with E-state index in [-0.39, 0.29) is 0 Å². The summed E-state index contributed by atoms with van der Waals surface area (Å²) >= 11 is 5.72. The smallest absolute Gasteiger partial charge is 0.207 e. The molecular formula is C14H20ClNO2S. The Morgan fingerprint density at radius 1 is 1.26 bits per heavy atom. The van der Waals surface area contributed by atoms with E-state index in [0.29, 0.717) is 29.8 Å². The van der Waals surface area contributed by atoms with Crippen molar-refractivity contribution in [2.75, 3.05) is 13.1 Å². The number of nitrogens with zero attached hydrogens (tertiary/aromatic N) is 1. The molecule has 0 saturated heterocycles. The van der Waals surface area contributed by atoms with Crippen molar-refractivity contribution >= 4 is 21.6 Å². The average Bonchev–Trinajstić information content (AvgIpc) is 2.37. The maximum atomic E-state index is 12.5. The first kappa shape index (κ1) is 14.8. The number of rotatable bonds is 6. The predicted molar refractivity (Wildman–Crippen MR) is 77.8 cm³/mol. The van der Waals surface area contributed by atoms with Crippen LogP contribution in [-0.4, -0.2) is 25.8 Å². The van der Waals surface area contributed by atoms with Gasteiger partial charge in [-0.25, -0.2) is 8.42 Å². The highest BCUT2D eigenvalue weighted by molar-refractivity contribution is 7.89. The highest BCUT2D eigenvalue weighted by Crippen LogP contribution is 2.29. The molecule has 1 fully saturated rings. The Bertz CT molecular complexity index is 509. The molecule has 0 spiro atoms. The summed E-state index contributed by atoms with van der Waals surface area (Å²) in [6.45, 7) is 3.07. The number of benzene rings is 1. The van der Waals surface area contributed by atoms with Gasteiger partial charge in [-0.05, 0) is 36.5 Å². The highest BCUT2D eigenvalue weighted by atomic mass is 35.5. The molecule has 106 valence electrons. The Hall–Kier alpha value is -0.580. The molecule has 0 radical (unpaired) electrons. The number of sulfonamides is 1. The molecule has 0 atom stereocenters. The van der Waals surface area contributed by atoms with E-state index in [9.17, 15) is 8.42 Å². The molecule has 1 aromatic carbocycles. The van der Waals surface area contributed by atoms with Gasteiger partial charge in [-0.1, -0.05) is 25.5 Å². The number of hydrogen-bond acceptors (Lipinski definition) is 2. The van der Waals surface area contributed by atoms with E-state index >= 15 is 0 Å².